The predicted octanol–water partition coefficient (Wildman–Crippen LogP) is 12.5. The van der Waals surface area contributed by atoms with Gasteiger partial charge in [0.25, 0.3) is 11.1 Å². The first kappa shape index (κ1) is 35.0. The standard InChI is InChI=1S/C54H36N4O3/c1-54(2)40-19-9-6-16-37(40)49-41(54)20-12-22-44(49)56(45-23-13-25-48-50(45)39-18-8-11-24-47(39)61-48)36-29-26-33(27-30-36)34-28-31-43-46(32-34)57(35-14-4-3-5-15-35)53(60)51-55-42-21-10-7-17-38(42)52(59)58(43)51/h3-32H,1-2H3. The van der Waals surface area contributed by atoms with Crippen molar-refractivity contribution in [2.24, 2.45) is 0 Å². The van der Waals surface area contributed by atoms with E-state index in [1.807, 2.05) is 78.9 Å². The second-order valence-electron chi connectivity index (χ2n) is 16.3. The number of rotatable bonds is 5. The lowest BCUT2D eigenvalue weighted by molar-refractivity contribution is 0.660. The average molecular weight is 789 g/mol. The van der Waals surface area contributed by atoms with E-state index in [2.05, 4.69) is 110 Å². The van der Waals surface area contributed by atoms with E-state index >= 15 is 0 Å². The normalized spacial score (nSPS) is 13.0. The van der Waals surface area contributed by atoms with Crippen molar-refractivity contribution >= 4 is 66.6 Å². The summed E-state index contributed by atoms with van der Waals surface area (Å²) in [6, 6.07) is 61.1. The Labute approximate surface area is 349 Å². The molecule has 0 unspecified atom stereocenters. The van der Waals surface area contributed by atoms with E-state index in [0.29, 0.717) is 27.6 Å². The van der Waals surface area contributed by atoms with Crippen molar-refractivity contribution in [3.8, 4) is 27.9 Å². The summed E-state index contributed by atoms with van der Waals surface area (Å²) in [5, 5.41) is 2.56. The molecule has 0 aliphatic heterocycles. The van der Waals surface area contributed by atoms with Gasteiger partial charge in [0, 0.05) is 27.7 Å². The molecule has 12 rings (SSSR count). The van der Waals surface area contributed by atoms with Crippen LogP contribution in [0.15, 0.2) is 196 Å². The average Bonchev–Trinajstić information content (AvgIpc) is 3.80. The van der Waals surface area contributed by atoms with Gasteiger partial charge in [-0.15, -0.1) is 0 Å². The van der Waals surface area contributed by atoms with Gasteiger partial charge in [0.2, 0.25) is 5.65 Å². The molecular weight excluding hydrogens is 753 g/mol. The van der Waals surface area contributed by atoms with Gasteiger partial charge < -0.3 is 9.32 Å². The Hall–Kier alpha value is -8.03. The Morgan fingerprint density at radius 2 is 1.23 bits per heavy atom. The first-order chi connectivity index (χ1) is 29.9. The third kappa shape index (κ3) is 5.07. The Morgan fingerprint density at radius 1 is 0.557 bits per heavy atom. The fourth-order valence-corrected chi connectivity index (χ4v) is 9.69. The molecule has 8 aromatic carbocycles. The van der Waals surface area contributed by atoms with Crippen molar-refractivity contribution < 1.29 is 4.42 Å². The summed E-state index contributed by atoms with van der Waals surface area (Å²) in [6.07, 6.45) is 0. The minimum Gasteiger partial charge on any atom is -0.456 e. The Balaban J connectivity index is 1.07. The van der Waals surface area contributed by atoms with Crippen LogP contribution >= 0.6 is 0 Å². The number of fused-ring (bicyclic) bond motifs is 10. The smallest absolute Gasteiger partial charge is 0.299 e. The van der Waals surface area contributed by atoms with Crippen LogP contribution in [0.2, 0.25) is 0 Å². The highest BCUT2D eigenvalue weighted by atomic mass is 16.3. The molecule has 0 N–H and O–H groups in total. The van der Waals surface area contributed by atoms with E-state index in [4.69, 9.17) is 9.40 Å². The third-order valence-corrected chi connectivity index (χ3v) is 12.5. The molecule has 1 aliphatic rings. The third-order valence-electron chi connectivity index (χ3n) is 12.5. The maximum absolute atomic E-state index is 14.5. The van der Waals surface area contributed by atoms with Crippen molar-refractivity contribution in [1.82, 2.24) is 14.0 Å². The molecule has 0 atom stereocenters. The molecule has 0 radical (unpaired) electrons. The minimum absolute atomic E-state index is 0.0797. The largest absolute Gasteiger partial charge is 0.456 e. The Morgan fingerprint density at radius 3 is 2.08 bits per heavy atom. The Kier molecular flexibility index (Phi) is 7.44. The molecule has 0 bridgehead atoms. The number of para-hydroxylation sites is 3. The van der Waals surface area contributed by atoms with Gasteiger partial charge in [-0.05, 0) is 101 Å². The number of aromatic nitrogens is 3. The molecule has 0 amide bonds. The lowest BCUT2D eigenvalue weighted by Gasteiger charge is -2.29. The molecule has 0 spiro atoms. The summed E-state index contributed by atoms with van der Waals surface area (Å²) in [5.41, 5.74) is 13.3. The number of hydrogen-bond acceptors (Lipinski definition) is 5. The van der Waals surface area contributed by atoms with Crippen LogP contribution in [-0.2, 0) is 5.41 Å². The zero-order chi connectivity index (χ0) is 41.0. The minimum atomic E-state index is -0.370. The molecule has 3 heterocycles. The van der Waals surface area contributed by atoms with Crippen LogP contribution in [0.3, 0.4) is 0 Å². The van der Waals surface area contributed by atoms with Crippen LogP contribution in [0.5, 0.6) is 0 Å². The van der Waals surface area contributed by atoms with Crippen molar-refractivity contribution in [2.75, 3.05) is 4.90 Å². The summed E-state index contributed by atoms with van der Waals surface area (Å²) >= 11 is 0. The molecule has 61 heavy (non-hydrogen) atoms. The summed E-state index contributed by atoms with van der Waals surface area (Å²) in [4.78, 5) is 35.6. The SMILES string of the molecule is CC1(C)c2ccccc2-c2c(N(c3ccc(-c4ccc5c(c4)n(-c4ccccc4)c(=O)c4nc6ccccc6c(=O)n45)cc3)c3cccc4oc5ccccc5c34)cccc21. The monoisotopic (exact) mass is 788 g/mol. The highest BCUT2D eigenvalue weighted by molar-refractivity contribution is 6.14. The van der Waals surface area contributed by atoms with Crippen LogP contribution in [0.1, 0.15) is 25.0 Å². The Bertz CT molecular complexity index is 3730. The first-order valence-corrected chi connectivity index (χ1v) is 20.5. The fraction of sp³-hybridized carbons (Fsp3) is 0.0556. The van der Waals surface area contributed by atoms with E-state index in [1.54, 1.807) is 16.7 Å². The van der Waals surface area contributed by atoms with Crippen molar-refractivity contribution in [3.63, 3.8) is 0 Å². The van der Waals surface area contributed by atoms with Gasteiger partial charge in [-0.25, -0.2) is 4.98 Å². The summed E-state index contributed by atoms with van der Waals surface area (Å²) in [5.74, 6) is 0. The molecule has 7 nitrogen and oxygen atoms in total. The number of hydrogen-bond donors (Lipinski definition) is 0. The maximum atomic E-state index is 14.5. The van der Waals surface area contributed by atoms with Crippen LogP contribution in [0, 0.1) is 0 Å². The molecule has 1 aliphatic carbocycles. The van der Waals surface area contributed by atoms with Gasteiger partial charge in [0.15, 0.2) is 0 Å². The molecule has 0 saturated carbocycles. The van der Waals surface area contributed by atoms with Crippen LogP contribution in [-0.4, -0.2) is 14.0 Å². The molecule has 3 aromatic heterocycles. The van der Waals surface area contributed by atoms with Gasteiger partial charge in [-0.3, -0.25) is 18.6 Å². The molecule has 290 valence electrons. The highest BCUT2D eigenvalue weighted by Crippen LogP contribution is 2.55. The van der Waals surface area contributed by atoms with Gasteiger partial charge in [0.1, 0.15) is 11.2 Å². The summed E-state index contributed by atoms with van der Waals surface area (Å²) < 4.78 is 9.56. The number of furan rings is 1. The van der Waals surface area contributed by atoms with E-state index < -0.39 is 0 Å². The van der Waals surface area contributed by atoms with Crippen LogP contribution in [0.25, 0.3) is 77.5 Å². The quantitative estimate of drug-likeness (QED) is 0.128. The second-order valence-corrected chi connectivity index (χ2v) is 16.3. The predicted molar refractivity (Wildman–Crippen MR) is 247 cm³/mol. The number of anilines is 3. The van der Waals surface area contributed by atoms with Gasteiger partial charge in [-0.1, -0.05) is 123 Å². The zero-order valence-corrected chi connectivity index (χ0v) is 33.3. The van der Waals surface area contributed by atoms with E-state index in [1.165, 1.54) is 26.7 Å². The number of benzene rings is 8. The summed E-state index contributed by atoms with van der Waals surface area (Å²) in [6.45, 7) is 4.62. The van der Waals surface area contributed by atoms with Crippen LogP contribution in [0.4, 0.5) is 17.1 Å². The van der Waals surface area contributed by atoms with Gasteiger partial charge in [0.05, 0.1) is 38.7 Å². The van der Waals surface area contributed by atoms with E-state index in [9.17, 15) is 9.59 Å². The molecule has 0 saturated heterocycles. The van der Waals surface area contributed by atoms with Crippen molar-refractivity contribution in [2.45, 2.75) is 19.3 Å². The lowest BCUT2D eigenvalue weighted by Crippen LogP contribution is -2.28. The molecule has 0 fully saturated rings. The van der Waals surface area contributed by atoms with E-state index in [0.717, 1.165) is 50.1 Å². The van der Waals surface area contributed by atoms with Crippen molar-refractivity contribution in [1.29, 1.82) is 0 Å². The van der Waals surface area contributed by atoms with Crippen molar-refractivity contribution in [3.05, 3.63) is 214 Å². The molecular formula is C54H36N4O3. The second kappa shape index (κ2) is 13.0. The van der Waals surface area contributed by atoms with Crippen LogP contribution < -0.4 is 16.0 Å². The van der Waals surface area contributed by atoms with Gasteiger partial charge >= 0.3 is 0 Å². The van der Waals surface area contributed by atoms with Gasteiger partial charge in [-0.2, -0.15) is 0 Å². The zero-order valence-electron chi connectivity index (χ0n) is 33.3. The maximum Gasteiger partial charge on any atom is 0.299 e. The fourth-order valence-electron chi connectivity index (χ4n) is 9.69. The lowest BCUT2D eigenvalue weighted by atomic mass is 9.82. The topological polar surface area (TPSA) is 72.8 Å². The first-order valence-electron chi connectivity index (χ1n) is 20.5. The van der Waals surface area contributed by atoms with E-state index in [-0.39, 0.29) is 22.2 Å². The number of nitrogens with zero attached hydrogens (tertiary/aromatic N) is 4. The molecule has 7 heteroatoms. The summed E-state index contributed by atoms with van der Waals surface area (Å²) in [7, 11) is 0. The molecule has 11 aromatic rings. The highest BCUT2D eigenvalue weighted by Gasteiger charge is 2.38.